The van der Waals surface area contributed by atoms with Crippen LogP contribution in [0.1, 0.15) is 48.4 Å². The van der Waals surface area contributed by atoms with Crippen molar-refractivity contribution in [2.45, 2.75) is 38.1 Å². The van der Waals surface area contributed by atoms with Crippen LogP contribution in [-0.2, 0) is 6.54 Å². The molecule has 3 aromatic rings. The minimum atomic E-state index is 0.693. The van der Waals surface area contributed by atoms with Crippen LogP contribution in [0, 0.1) is 0 Å². The summed E-state index contributed by atoms with van der Waals surface area (Å²) in [5.74, 6) is 0.708. The number of aromatic nitrogens is 2. The molecule has 3 heteroatoms. The Morgan fingerprint density at radius 1 is 0.885 bits per heavy atom. The second-order valence-electron chi connectivity index (χ2n) is 7.24. The van der Waals surface area contributed by atoms with Gasteiger partial charge in [-0.3, -0.25) is 15.0 Å². The fourth-order valence-electron chi connectivity index (χ4n) is 4.20. The van der Waals surface area contributed by atoms with Gasteiger partial charge in [0.2, 0.25) is 0 Å². The second-order valence-corrected chi connectivity index (χ2v) is 7.24. The van der Waals surface area contributed by atoms with Crippen LogP contribution in [0.2, 0.25) is 0 Å². The molecule has 5 rings (SSSR count). The molecule has 1 saturated carbocycles. The maximum Gasteiger partial charge on any atom is 0.0818 e. The van der Waals surface area contributed by atoms with Gasteiger partial charge in [-0.05, 0) is 42.5 Å². The fourth-order valence-corrected chi connectivity index (χ4v) is 4.20. The molecule has 3 nitrogen and oxygen atoms in total. The summed E-state index contributed by atoms with van der Waals surface area (Å²) < 4.78 is 0. The van der Waals surface area contributed by atoms with Crippen molar-refractivity contribution in [1.82, 2.24) is 9.97 Å². The molecule has 2 aliphatic rings. The zero-order valence-corrected chi connectivity index (χ0v) is 14.7. The number of hydrogen-bond acceptors (Lipinski definition) is 3. The lowest BCUT2D eigenvalue weighted by Gasteiger charge is -2.13. The van der Waals surface area contributed by atoms with Crippen LogP contribution in [0.5, 0.6) is 0 Å². The molecule has 1 aromatic carbocycles. The average Bonchev–Trinajstić information content (AvgIpc) is 3.39. The standard InChI is InChI=1S/C23H21N3/c1-2-6-16(5-1)17-7-3-8-18(11-17)23-21(9-4-10-25-23)19-12-20-13-24-15-22(20)26-14-19/h3-4,7-14,16H,1-2,5-6,15H2. The van der Waals surface area contributed by atoms with E-state index in [-0.39, 0.29) is 0 Å². The Balaban J connectivity index is 1.58. The molecule has 0 radical (unpaired) electrons. The van der Waals surface area contributed by atoms with E-state index >= 15 is 0 Å². The third kappa shape index (κ3) is 2.74. The Hall–Kier alpha value is -2.81. The van der Waals surface area contributed by atoms with Gasteiger partial charge in [-0.2, -0.15) is 0 Å². The Kier molecular flexibility index (Phi) is 3.85. The lowest BCUT2D eigenvalue weighted by Crippen LogP contribution is -1.96. The van der Waals surface area contributed by atoms with E-state index in [0.717, 1.165) is 28.1 Å². The van der Waals surface area contributed by atoms with Crippen LogP contribution in [0.15, 0.2) is 59.9 Å². The van der Waals surface area contributed by atoms with E-state index in [0.29, 0.717) is 12.5 Å². The summed E-state index contributed by atoms with van der Waals surface area (Å²) in [4.78, 5) is 13.6. The van der Waals surface area contributed by atoms with Gasteiger partial charge in [0.1, 0.15) is 0 Å². The molecule has 0 saturated heterocycles. The Morgan fingerprint density at radius 2 is 1.81 bits per heavy atom. The monoisotopic (exact) mass is 339 g/mol. The third-order valence-electron chi connectivity index (χ3n) is 5.58. The van der Waals surface area contributed by atoms with Crippen LogP contribution in [0.3, 0.4) is 0 Å². The summed E-state index contributed by atoms with van der Waals surface area (Å²) in [6.07, 6.45) is 11.1. The van der Waals surface area contributed by atoms with Gasteiger partial charge in [-0.1, -0.05) is 37.1 Å². The molecule has 26 heavy (non-hydrogen) atoms. The van der Waals surface area contributed by atoms with Gasteiger partial charge in [-0.15, -0.1) is 0 Å². The zero-order valence-electron chi connectivity index (χ0n) is 14.7. The van der Waals surface area contributed by atoms with Crippen LogP contribution < -0.4 is 0 Å². The first kappa shape index (κ1) is 15.4. The van der Waals surface area contributed by atoms with Crippen molar-refractivity contribution in [2.75, 3.05) is 0 Å². The van der Waals surface area contributed by atoms with Gasteiger partial charge in [0, 0.05) is 40.9 Å². The van der Waals surface area contributed by atoms with Crippen molar-refractivity contribution >= 4 is 6.21 Å². The summed E-state index contributed by atoms with van der Waals surface area (Å²) in [5, 5.41) is 0. The highest BCUT2D eigenvalue weighted by Gasteiger charge is 2.18. The first-order valence-corrected chi connectivity index (χ1v) is 9.43. The highest BCUT2D eigenvalue weighted by molar-refractivity contribution is 5.88. The molecule has 1 aliphatic heterocycles. The number of hydrogen-bond donors (Lipinski definition) is 0. The van der Waals surface area contributed by atoms with Gasteiger partial charge >= 0.3 is 0 Å². The maximum atomic E-state index is 4.73. The Bertz CT molecular complexity index is 984. The Morgan fingerprint density at radius 3 is 2.73 bits per heavy atom. The molecule has 0 N–H and O–H groups in total. The van der Waals surface area contributed by atoms with E-state index in [2.05, 4.69) is 46.4 Å². The number of aliphatic imine (C=N–C) groups is 1. The topological polar surface area (TPSA) is 38.1 Å². The molecule has 0 bridgehead atoms. The number of rotatable bonds is 3. The lowest BCUT2D eigenvalue weighted by molar-refractivity contribution is 0.723. The fraction of sp³-hybridized carbons (Fsp3) is 0.261. The summed E-state index contributed by atoms with van der Waals surface area (Å²) in [5.41, 5.74) is 8.09. The number of nitrogens with zero attached hydrogens (tertiary/aromatic N) is 3. The van der Waals surface area contributed by atoms with E-state index in [4.69, 9.17) is 4.98 Å². The van der Waals surface area contributed by atoms with E-state index in [1.54, 1.807) is 0 Å². The van der Waals surface area contributed by atoms with E-state index in [1.807, 2.05) is 24.7 Å². The third-order valence-corrected chi connectivity index (χ3v) is 5.58. The highest BCUT2D eigenvalue weighted by Crippen LogP contribution is 2.37. The van der Waals surface area contributed by atoms with Crippen LogP contribution >= 0.6 is 0 Å². The zero-order chi connectivity index (χ0) is 17.3. The van der Waals surface area contributed by atoms with Gasteiger partial charge in [0.05, 0.1) is 17.9 Å². The predicted molar refractivity (Wildman–Crippen MR) is 105 cm³/mol. The molecule has 3 heterocycles. The van der Waals surface area contributed by atoms with Crippen LogP contribution in [0.4, 0.5) is 0 Å². The molecular weight excluding hydrogens is 318 g/mol. The second kappa shape index (κ2) is 6.49. The predicted octanol–water partition coefficient (Wildman–Crippen LogP) is 5.40. The van der Waals surface area contributed by atoms with Crippen LogP contribution in [-0.4, -0.2) is 16.2 Å². The summed E-state index contributed by atoms with van der Waals surface area (Å²) in [6.45, 7) is 0.693. The minimum Gasteiger partial charge on any atom is -0.286 e. The van der Waals surface area contributed by atoms with Crippen molar-refractivity contribution in [2.24, 2.45) is 4.99 Å². The van der Waals surface area contributed by atoms with E-state index in [1.165, 1.54) is 36.8 Å². The largest absolute Gasteiger partial charge is 0.286 e. The molecule has 0 spiro atoms. The van der Waals surface area contributed by atoms with Crippen molar-refractivity contribution in [3.63, 3.8) is 0 Å². The normalized spacial score (nSPS) is 16.2. The van der Waals surface area contributed by atoms with E-state index < -0.39 is 0 Å². The summed E-state index contributed by atoms with van der Waals surface area (Å²) in [7, 11) is 0. The molecule has 128 valence electrons. The number of fused-ring (bicyclic) bond motifs is 1. The lowest BCUT2D eigenvalue weighted by atomic mass is 9.93. The van der Waals surface area contributed by atoms with Crippen molar-refractivity contribution in [3.05, 3.63) is 71.7 Å². The number of pyridine rings is 2. The molecule has 0 amide bonds. The molecule has 1 aliphatic carbocycles. The van der Waals surface area contributed by atoms with Gasteiger partial charge in [0.25, 0.3) is 0 Å². The number of benzene rings is 1. The molecule has 2 aromatic heterocycles. The smallest absolute Gasteiger partial charge is 0.0818 e. The van der Waals surface area contributed by atoms with Crippen molar-refractivity contribution in [3.8, 4) is 22.4 Å². The summed E-state index contributed by atoms with van der Waals surface area (Å²) in [6, 6.07) is 15.3. The molecule has 0 atom stereocenters. The first-order valence-electron chi connectivity index (χ1n) is 9.43. The van der Waals surface area contributed by atoms with Gasteiger partial charge in [0.15, 0.2) is 0 Å². The Labute approximate surface area is 153 Å². The van der Waals surface area contributed by atoms with Crippen molar-refractivity contribution < 1.29 is 0 Å². The molecule has 1 fully saturated rings. The quantitative estimate of drug-likeness (QED) is 0.641. The van der Waals surface area contributed by atoms with Crippen LogP contribution in [0.25, 0.3) is 22.4 Å². The minimum absolute atomic E-state index is 0.693. The van der Waals surface area contributed by atoms with Crippen molar-refractivity contribution in [1.29, 1.82) is 0 Å². The highest BCUT2D eigenvalue weighted by atomic mass is 14.8. The van der Waals surface area contributed by atoms with E-state index in [9.17, 15) is 0 Å². The maximum absolute atomic E-state index is 4.73. The average molecular weight is 339 g/mol. The first-order chi connectivity index (χ1) is 12.9. The summed E-state index contributed by atoms with van der Waals surface area (Å²) >= 11 is 0. The van der Waals surface area contributed by atoms with Gasteiger partial charge < -0.3 is 0 Å². The van der Waals surface area contributed by atoms with Gasteiger partial charge in [-0.25, -0.2) is 0 Å². The molecule has 0 unspecified atom stereocenters. The SMILES string of the molecule is C1=NCc2ncc(-c3cccnc3-c3cccc(C4CCCC4)c3)cc21. The molecular formula is C23H21N3.